The van der Waals surface area contributed by atoms with E-state index in [9.17, 15) is 14.4 Å². The van der Waals surface area contributed by atoms with E-state index in [0.717, 1.165) is 5.56 Å². The maximum Gasteiger partial charge on any atom is 0.336 e. The fraction of sp³-hybridized carbons (Fsp3) is 0.167. The molecule has 0 radical (unpaired) electrons. The van der Waals surface area contributed by atoms with Gasteiger partial charge in [-0.25, -0.2) is 9.59 Å². The molecule has 0 aliphatic rings. The van der Waals surface area contributed by atoms with Crippen LogP contribution in [-0.4, -0.2) is 36.1 Å². The summed E-state index contributed by atoms with van der Waals surface area (Å²) in [7, 11) is 1.23. The third-order valence-electron chi connectivity index (χ3n) is 3.48. The average Bonchev–Trinajstić information content (AvgIpc) is 2.61. The third-order valence-corrected chi connectivity index (χ3v) is 3.48. The molecule has 24 heavy (non-hydrogen) atoms. The predicted octanol–water partition coefficient (Wildman–Crippen LogP) is 1.90. The van der Waals surface area contributed by atoms with E-state index in [4.69, 9.17) is 9.84 Å². The van der Waals surface area contributed by atoms with Crippen LogP contribution in [0.4, 0.5) is 0 Å². The molecule has 0 bridgehead atoms. The van der Waals surface area contributed by atoms with Crippen molar-refractivity contribution in [2.45, 2.75) is 12.5 Å². The van der Waals surface area contributed by atoms with Crippen molar-refractivity contribution in [1.29, 1.82) is 0 Å². The van der Waals surface area contributed by atoms with Gasteiger partial charge in [0.25, 0.3) is 5.91 Å². The molecule has 124 valence electrons. The number of aromatic carboxylic acids is 1. The SMILES string of the molecule is COC(=O)C(Cc1ccccc1)NC(=O)c1ccccc1C(=O)O. The van der Waals surface area contributed by atoms with E-state index < -0.39 is 23.9 Å². The van der Waals surface area contributed by atoms with E-state index in [1.807, 2.05) is 30.3 Å². The van der Waals surface area contributed by atoms with Crippen molar-refractivity contribution >= 4 is 17.8 Å². The van der Waals surface area contributed by atoms with E-state index in [1.54, 1.807) is 6.07 Å². The summed E-state index contributed by atoms with van der Waals surface area (Å²) in [6.07, 6.45) is 0.245. The Morgan fingerprint density at radius 1 is 1.00 bits per heavy atom. The number of benzene rings is 2. The van der Waals surface area contributed by atoms with E-state index in [2.05, 4.69) is 5.32 Å². The number of carbonyl (C=O) groups is 3. The average molecular weight is 327 g/mol. The fourth-order valence-electron chi connectivity index (χ4n) is 2.29. The lowest BCUT2D eigenvalue weighted by molar-refractivity contribution is -0.142. The van der Waals surface area contributed by atoms with Gasteiger partial charge >= 0.3 is 11.9 Å². The van der Waals surface area contributed by atoms with Crippen LogP contribution in [0.1, 0.15) is 26.3 Å². The first-order valence-electron chi connectivity index (χ1n) is 7.28. The van der Waals surface area contributed by atoms with Crippen LogP contribution in [0.5, 0.6) is 0 Å². The summed E-state index contributed by atoms with van der Waals surface area (Å²) in [5, 5.41) is 11.7. The number of amides is 1. The maximum absolute atomic E-state index is 12.4. The standard InChI is InChI=1S/C18H17NO5/c1-24-18(23)15(11-12-7-3-2-4-8-12)19-16(20)13-9-5-6-10-14(13)17(21)22/h2-10,15H,11H2,1H3,(H,19,20)(H,21,22). The predicted molar refractivity (Wildman–Crippen MR) is 86.8 cm³/mol. The molecule has 1 atom stereocenters. The van der Waals surface area contributed by atoms with Gasteiger partial charge in [0.2, 0.25) is 0 Å². The second-order valence-electron chi connectivity index (χ2n) is 5.09. The van der Waals surface area contributed by atoms with Crippen molar-refractivity contribution in [2.75, 3.05) is 7.11 Å². The summed E-state index contributed by atoms with van der Waals surface area (Å²) in [5.41, 5.74) is 0.713. The molecule has 6 nitrogen and oxygen atoms in total. The van der Waals surface area contributed by atoms with Crippen LogP contribution in [0.15, 0.2) is 54.6 Å². The number of methoxy groups -OCH3 is 1. The number of carboxylic acids is 1. The Balaban J connectivity index is 2.22. The van der Waals surface area contributed by atoms with Gasteiger partial charge in [-0.05, 0) is 17.7 Å². The molecule has 2 aromatic carbocycles. The van der Waals surface area contributed by atoms with Gasteiger partial charge in [-0.2, -0.15) is 0 Å². The van der Waals surface area contributed by atoms with E-state index in [-0.39, 0.29) is 17.5 Å². The second-order valence-corrected chi connectivity index (χ2v) is 5.09. The molecule has 0 spiro atoms. The largest absolute Gasteiger partial charge is 0.478 e. The molecule has 1 amide bonds. The number of rotatable bonds is 6. The Kier molecular flexibility index (Phi) is 5.68. The minimum atomic E-state index is -1.21. The zero-order valence-corrected chi connectivity index (χ0v) is 13.1. The summed E-state index contributed by atoms with van der Waals surface area (Å²) in [4.78, 5) is 35.6. The molecule has 0 aliphatic heterocycles. The van der Waals surface area contributed by atoms with Crippen molar-refractivity contribution in [3.8, 4) is 0 Å². The molecule has 2 rings (SSSR count). The Bertz CT molecular complexity index is 742. The van der Waals surface area contributed by atoms with E-state index in [1.165, 1.54) is 25.3 Å². The van der Waals surface area contributed by atoms with Crippen molar-refractivity contribution in [3.63, 3.8) is 0 Å². The smallest absolute Gasteiger partial charge is 0.336 e. The number of nitrogens with one attached hydrogen (secondary N) is 1. The Morgan fingerprint density at radius 2 is 1.58 bits per heavy atom. The molecule has 1 unspecified atom stereocenters. The lowest BCUT2D eigenvalue weighted by Crippen LogP contribution is -2.43. The van der Waals surface area contributed by atoms with Gasteiger partial charge in [0.1, 0.15) is 6.04 Å². The lowest BCUT2D eigenvalue weighted by atomic mass is 10.0. The molecule has 0 aromatic heterocycles. The Labute approximate surface area is 139 Å². The summed E-state index contributed by atoms with van der Waals surface area (Å²) >= 11 is 0. The van der Waals surface area contributed by atoms with Gasteiger partial charge in [-0.3, -0.25) is 4.79 Å². The van der Waals surface area contributed by atoms with Gasteiger partial charge in [0.05, 0.1) is 18.2 Å². The normalized spacial score (nSPS) is 11.4. The second kappa shape index (κ2) is 7.92. The molecule has 0 heterocycles. The minimum absolute atomic E-state index is 0.00744. The summed E-state index contributed by atoms with van der Waals surface area (Å²) < 4.78 is 4.73. The molecule has 0 saturated carbocycles. The number of hydrogen-bond acceptors (Lipinski definition) is 4. The molecular formula is C18H17NO5. The van der Waals surface area contributed by atoms with E-state index in [0.29, 0.717) is 0 Å². The molecule has 6 heteroatoms. The monoisotopic (exact) mass is 327 g/mol. The fourth-order valence-corrected chi connectivity index (χ4v) is 2.29. The van der Waals surface area contributed by atoms with Crippen molar-refractivity contribution < 1.29 is 24.2 Å². The Hall–Kier alpha value is -3.15. The van der Waals surface area contributed by atoms with Crippen LogP contribution in [0.3, 0.4) is 0 Å². The van der Waals surface area contributed by atoms with Crippen molar-refractivity contribution in [2.24, 2.45) is 0 Å². The third kappa shape index (κ3) is 4.19. The van der Waals surface area contributed by atoms with Gasteiger partial charge in [0.15, 0.2) is 0 Å². The number of hydrogen-bond donors (Lipinski definition) is 2. The summed E-state index contributed by atoms with van der Waals surface area (Å²) in [6.45, 7) is 0. The lowest BCUT2D eigenvalue weighted by Gasteiger charge is -2.17. The van der Waals surface area contributed by atoms with Crippen LogP contribution < -0.4 is 5.32 Å². The van der Waals surface area contributed by atoms with Crippen LogP contribution in [0, 0.1) is 0 Å². The Morgan fingerprint density at radius 3 is 2.17 bits per heavy atom. The van der Waals surface area contributed by atoms with E-state index >= 15 is 0 Å². The highest BCUT2D eigenvalue weighted by Gasteiger charge is 2.24. The molecule has 2 aromatic rings. The molecule has 0 saturated heterocycles. The number of carboxylic acid groups (broad SMARTS) is 1. The molecular weight excluding hydrogens is 310 g/mol. The zero-order valence-electron chi connectivity index (χ0n) is 13.1. The number of esters is 1. The van der Waals surface area contributed by atoms with Gasteiger partial charge in [-0.1, -0.05) is 42.5 Å². The van der Waals surface area contributed by atoms with Crippen molar-refractivity contribution in [1.82, 2.24) is 5.32 Å². The van der Waals surface area contributed by atoms with Gasteiger partial charge in [0, 0.05) is 6.42 Å². The first kappa shape index (κ1) is 17.2. The quantitative estimate of drug-likeness (QED) is 0.791. The van der Waals surface area contributed by atoms with Gasteiger partial charge in [-0.15, -0.1) is 0 Å². The zero-order chi connectivity index (χ0) is 17.5. The number of ether oxygens (including phenoxy) is 1. The van der Waals surface area contributed by atoms with Crippen LogP contribution in [0.2, 0.25) is 0 Å². The van der Waals surface area contributed by atoms with Gasteiger partial charge < -0.3 is 15.2 Å². The highest BCUT2D eigenvalue weighted by Crippen LogP contribution is 2.11. The summed E-state index contributed by atoms with van der Waals surface area (Å²) in [5.74, 6) is -2.45. The highest BCUT2D eigenvalue weighted by molar-refractivity contribution is 6.05. The van der Waals surface area contributed by atoms with Crippen molar-refractivity contribution in [3.05, 3.63) is 71.3 Å². The van der Waals surface area contributed by atoms with Crippen LogP contribution in [-0.2, 0) is 16.0 Å². The highest BCUT2D eigenvalue weighted by atomic mass is 16.5. The van der Waals surface area contributed by atoms with Crippen LogP contribution >= 0.6 is 0 Å². The maximum atomic E-state index is 12.4. The topological polar surface area (TPSA) is 92.7 Å². The number of carbonyl (C=O) groups excluding carboxylic acids is 2. The van der Waals surface area contributed by atoms with Crippen LogP contribution in [0.25, 0.3) is 0 Å². The molecule has 0 aliphatic carbocycles. The summed E-state index contributed by atoms with van der Waals surface area (Å²) in [6, 6.07) is 14.1. The molecule has 2 N–H and O–H groups in total. The molecule has 0 fully saturated rings. The first-order chi connectivity index (χ1) is 11.5. The minimum Gasteiger partial charge on any atom is -0.478 e. The first-order valence-corrected chi connectivity index (χ1v) is 7.28.